The maximum absolute atomic E-state index is 12.9. The van der Waals surface area contributed by atoms with Crippen molar-refractivity contribution in [1.29, 1.82) is 0 Å². The molecule has 43 heavy (non-hydrogen) atoms. The van der Waals surface area contributed by atoms with Gasteiger partial charge in [0.25, 0.3) is 0 Å². The van der Waals surface area contributed by atoms with Gasteiger partial charge in [-0.3, -0.25) is 9.59 Å². The van der Waals surface area contributed by atoms with Crippen LogP contribution in [0.15, 0.2) is 78.0 Å². The van der Waals surface area contributed by atoms with Gasteiger partial charge >= 0.3 is 12.1 Å². The number of thioether (sulfide) groups is 1. The van der Waals surface area contributed by atoms with E-state index < -0.39 is 30.3 Å². The Kier molecular flexibility index (Phi) is 10.0. The lowest BCUT2D eigenvalue weighted by atomic mass is 10.0. The number of aliphatic hydroxyl groups excluding tert-OH is 1. The lowest BCUT2D eigenvalue weighted by molar-refractivity contribution is -0.245. The van der Waals surface area contributed by atoms with Gasteiger partial charge in [0.05, 0.1) is 23.8 Å². The van der Waals surface area contributed by atoms with E-state index in [1.54, 1.807) is 30.1 Å². The van der Waals surface area contributed by atoms with Crippen molar-refractivity contribution in [3.63, 3.8) is 0 Å². The highest BCUT2D eigenvalue weighted by Crippen LogP contribution is 2.39. The minimum absolute atomic E-state index is 0.0434. The van der Waals surface area contributed by atoms with Gasteiger partial charge in [-0.25, -0.2) is 4.98 Å². The number of carbonyl (C=O) groups excluding carboxylic acids is 2. The molecule has 0 bridgehead atoms. The van der Waals surface area contributed by atoms with E-state index in [2.05, 4.69) is 10.3 Å². The van der Waals surface area contributed by atoms with Crippen LogP contribution in [0.1, 0.15) is 53.9 Å². The first kappa shape index (κ1) is 31.0. The van der Waals surface area contributed by atoms with Crippen LogP contribution in [0.25, 0.3) is 0 Å². The van der Waals surface area contributed by atoms with Crippen molar-refractivity contribution >= 4 is 23.6 Å². The molecule has 4 unspecified atom stereocenters. The van der Waals surface area contributed by atoms with E-state index in [0.29, 0.717) is 23.5 Å². The Morgan fingerprint density at radius 1 is 1.00 bits per heavy atom. The van der Waals surface area contributed by atoms with Crippen LogP contribution in [0.2, 0.25) is 0 Å². The summed E-state index contributed by atoms with van der Waals surface area (Å²) in [5.41, 5.74) is 3.29. The first-order chi connectivity index (χ1) is 20.7. The van der Waals surface area contributed by atoms with Crippen LogP contribution in [0.3, 0.4) is 0 Å². The van der Waals surface area contributed by atoms with Gasteiger partial charge in [-0.05, 0) is 41.7 Å². The minimum Gasteiger partial charge on any atom is -0.392 e. The van der Waals surface area contributed by atoms with Gasteiger partial charge in [-0.1, -0.05) is 54.6 Å². The highest BCUT2D eigenvalue weighted by Gasteiger charge is 2.47. The SMILES string of the molecule is O=C(NCc1ccc(C2OC(CSc3ccccn3)CC(c3ccc(CO)cc3)O2)cc1)C1CCCN1C(=O)C(F)(F)F. The van der Waals surface area contributed by atoms with Gasteiger partial charge < -0.3 is 24.8 Å². The number of hydrogen-bond acceptors (Lipinski definition) is 7. The molecule has 3 heterocycles. The Morgan fingerprint density at radius 2 is 1.72 bits per heavy atom. The summed E-state index contributed by atoms with van der Waals surface area (Å²) in [6, 6.07) is 19.5. The highest BCUT2D eigenvalue weighted by molar-refractivity contribution is 7.99. The fraction of sp³-hybridized carbons (Fsp3) is 0.387. The van der Waals surface area contributed by atoms with E-state index in [1.807, 2.05) is 54.6 Å². The van der Waals surface area contributed by atoms with E-state index >= 15 is 0 Å². The fourth-order valence-electron chi connectivity index (χ4n) is 5.18. The van der Waals surface area contributed by atoms with Gasteiger partial charge in [-0.15, -0.1) is 11.8 Å². The number of amides is 2. The summed E-state index contributed by atoms with van der Waals surface area (Å²) in [5.74, 6) is -1.93. The number of aliphatic hydroxyl groups is 1. The maximum Gasteiger partial charge on any atom is 0.471 e. The Morgan fingerprint density at radius 3 is 2.40 bits per heavy atom. The molecule has 12 heteroatoms. The lowest BCUT2D eigenvalue weighted by Crippen LogP contribution is -2.50. The molecular weight excluding hydrogens is 583 g/mol. The van der Waals surface area contributed by atoms with Crippen LogP contribution in [-0.4, -0.2) is 57.4 Å². The summed E-state index contributed by atoms with van der Waals surface area (Å²) in [5, 5.41) is 13.0. The summed E-state index contributed by atoms with van der Waals surface area (Å²) in [4.78, 5) is 29.3. The number of benzene rings is 2. The molecule has 2 aliphatic heterocycles. The van der Waals surface area contributed by atoms with Crippen LogP contribution >= 0.6 is 11.8 Å². The van der Waals surface area contributed by atoms with Gasteiger partial charge in [0.1, 0.15) is 6.04 Å². The number of likely N-dealkylation sites (tertiary alicyclic amines) is 1. The number of halogens is 3. The van der Waals surface area contributed by atoms with E-state index in [0.717, 1.165) is 27.3 Å². The Balaban J connectivity index is 1.23. The number of ether oxygens (including phenoxy) is 2. The average molecular weight is 616 g/mol. The van der Waals surface area contributed by atoms with Gasteiger partial charge in [0.2, 0.25) is 5.91 Å². The summed E-state index contributed by atoms with van der Waals surface area (Å²) in [7, 11) is 0. The molecule has 5 rings (SSSR count). The second-order valence-electron chi connectivity index (χ2n) is 10.4. The number of rotatable bonds is 9. The lowest BCUT2D eigenvalue weighted by Gasteiger charge is -2.36. The van der Waals surface area contributed by atoms with Gasteiger partial charge in [0.15, 0.2) is 6.29 Å². The van der Waals surface area contributed by atoms with Gasteiger partial charge in [0, 0.05) is 37.0 Å². The first-order valence-electron chi connectivity index (χ1n) is 14.0. The number of aromatic nitrogens is 1. The standard InChI is InChI=1S/C31H32F3N3O5S/c32-31(33,34)30(40)37-15-3-4-25(37)28(39)36-17-20-6-12-23(13-7-20)29-41-24(19-43-27-5-1-2-14-35-27)16-26(42-29)22-10-8-21(18-38)9-11-22/h1-2,5-14,24-26,29,38H,3-4,15-19H2,(H,36,39). The van der Waals surface area contributed by atoms with Crippen molar-refractivity contribution in [2.75, 3.05) is 12.3 Å². The predicted molar refractivity (Wildman–Crippen MR) is 152 cm³/mol. The van der Waals surface area contributed by atoms with Crippen molar-refractivity contribution in [2.45, 2.75) is 68.2 Å². The average Bonchev–Trinajstić information content (AvgIpc) is 3.52. The van der Waals surface area contributed by atoms with Crippen molar-refractivity contribution in [3.8, 4) is 0 Å². The third-order valence-electron chi connectivity index (χ3n) is 7.45. The summed E-state index contributed by atoms with van der Waals surface area (Å²) in [6.07, 6.45) is -3.15. The highest BCUT2D eigenvalue weighted by atomic mass is 32.2. The number of nitrogens with zero attached hydrogens (tertiary/aromatic N) is 2. The molecule has 0 saturated carbocycles. The zero-order chi connectivity index (χ0) is 30.4. The molecule has 228 valence electrons. The molecule has 2 fully saturated rings. The number of carbonyl (C=O) groups is 2. The first-order valence-corrected chi connectivity index (χ1v) is 15.0. The normalized spacial score (nSPS) is 22.4. The van der Waals surface area contributed by atoms with E-state index in [9.17, 15) is 27.9 Å². The van der Waals surface area contributed by atoms with Crippen molar-refractivity contribution < 1.29 is 37.3 Å². The van der Waals surface area contributed by atoms with Crippen molar-refractivity contribution in [2.24, 2.45) is 0 Å². The largest absolute Gasteiger partial charge is 0.471 e. The molecule has 0 spiro atoms. The molecule has 2 amide bonds. The number of pyridine rings is 1. The predicted octanol–water partition coefficient (Wildman–Crippen LogP) is 5.08. The second-order valence-corrected chi connectivity index (χ2v) is 11.5. The fourth-order valence-corrected chi connectivity index (χ4v) is 6.06. The minimum atomic E-state index is -5.01. The molecule has 0 radical (unpaired) electrons. The van der Waals surface area contributed by atoms with E-state index in [-0.39, 0.29) is 38.3 Å². The molecular formula is C31H32F3N3O5S. The molecule has 3 aromatic rings. The summed E-state index contributed by atoms with van der Waals surface area (Å²) >= 11 is 1.60. The smallest absolute Gasteiger partial charge is 0.392 e. The van der Waals surface area contributed by atoms with Crippen LogP contribution in [0.4, 0.5) is 13.2 Å². The van der Waals surface area contributed by atoms with Crippen LogP contribution in [-0.2, 0) is 32.2 Å². The molecule has 0 aliphatic carbocycles. The van der Waals surface area contributed by atoms with Crippen LogP contribution < -0.4 is 5.32 Å². The Hall–Kier alpha value is -3.45. The molecule has 8 nitrogen and oxygen atoms in total. The van der Waals surface area contributed by atoms with Crippen molar-refractivity contribution in [1.82, 2.24) is 15.2 Å². The van der Waals surface area contributed by atoms with E-state index in [1.165, 1.54) is 0 Å². The molecule has 2 N–H and O–H groups in total. The zero-order valence-corrected chi connectivity index (χ0v) is 24.0. The molecule has 2 aliphatic rings. The number of nitrogens with one attached hydrogen (secondary N) is 1. The maximum atomic E-state index is 12.9. The Labute approximate surface area is 251 Å². The number of alkyl halides is 3. The quantitative estimate of drug-likeness (QED) is 0.324. The van der Waals surface area contributed by atoms with E-state index in [4.69, 9.17) is 9.47 Å². The summed E-state index contributed by atoms with van der Waals surface area (Å²) in [6.45, 7) is -0.0437. The molecule has 4 atom stereocenters. The molecule has 2 saturated heterocycles. The van der Waals surface area contributed by atoms with Gasteiger partial charge in [-0.2, -0.15) is 13.2 Å². The second kappa shape index (κ2) is 13.9. The monoisotopic (exact) mass is 615 g/mol. The van der Waals surface area contributed by atoms with Crippen LogP contribution in [0, 0.1) is 0 Å². The summed E-state index contributed by atoms with van der Waals surface area (Å²) < 4.78 is 51.5. The van der Waals surface area contributed by atoms with Crippen LogP contribution in [0.5, 0.6) is 0 Å². The molecule has 1 aromatic heterocycles. The topological polar surface area (TPSA) is 101 Å². The Bertz CT molecular complexity index is 1380. The third-order valence-corrected chi connectivity index (χ3v) is 8.52. The zero-order valence-electron chi connectivity index (χ0n) is 23.2. The number of hydrogen-bond donors (Lipinski definition) is 2. The molecule has 2 aromatic carbocycles. The third kappa shape index (κ3) is 7.94. The van der Waals surface area contributed by atoms with Crippen molar-refractivity contribution in [3.05, 3.63) is 95.2 Å².